The first-order valence-corrected chi connectivity index (χ1v) is 10.5. The van der Waals surface area contributed by atoms with Gasteiger partial charge in [-0.1, -0.05) is 36.0 Å². The number of amides is 2. The molecule has 29 heavy (non-hydrogen) atoms. The van der Waals surface area contributed by atoms with Crippen LogP contribution in [0.2, 0.25) is 0 Å². The number of carbonyl (C=O) groups excluding carboxylic acids is 2. The fraction of sp³-hybridized carbons (Fsp3) is 0.227. The lowest BCUT2D eigenvalue weighted by Gasteiger charge is -2.19. The van der Waals surface area contributed by atoms with Crippen LogP contribution >= 0.6 is 11.8 Å². The summed E-state index contributed by atoms with van der Waals surface area (Å²) in [5.74, 6) is 0.194. The minimum absolute atomic E-state index is 0.0984. The second-order valence-corrected chi connectivity index (χ2v) is 7.86. The van der Waals surface area contributed by atoms with Crippen molar-refractivity contribution in [1.29, 1.82) is 0 Å². The van der Waals surface area contributed by atoms with Crippen LogP contribution in [0.1, 0.15) is 18.4 Å². The molecule has 1 aliphatic rings. The van der Waals surface area contributed by atoms with Crippen LogP contribution in [0.25, 0.3) is 5.69 Å². The van der Waals surface area contributed by atoms with E-state index in [0.29, 0.717) is 18.7 Å². The van der Waals surface area contributed by atoms with Crippen LogP contribution < -0.4 is 10.2 Å². The van der Waals surface area contributed by atoms with E-state index in [9.17, 15) is 9.59 Å². The number of nitrogens with zero attached hydrogens (tertiary/aromatic N) is 3. The van der Waals surface area contributed by atoms with Gasteiger partial charge in [0.05, 0.1) is 17.1 Å². The molecule has 0 spiro atoms. The lowest BCUT2D eigenvalue weighted by Crippen LogP contribution is -2.26. The standard InChI is InChI=1S/C22H22N4O2S/c1-16-6-4-7-17(14-16)25-13-11-23-22(25)29-15-20(27)24-18-8-2-3-9-19(18)26-12-5-10-21(26)28/h2-4,6-9,11,13-14H,5,10,12,15H2,1H3,(H,24,27). The highest BCUT2D eigenvalue weighted by Crippen LogP contribution is 2.30. The number of imidazole rings is 1. The number of benzene rings is 2. The van der Waals surface area contributed by atoms with E-state index in [-0.39, 0.29) is 17.6 Å². The van der Waals surface area contributed by atoms with Crippen molar-refractivity contribution in [2.45, 2.75) is 24.9 Å². The van der Waals surface area contributed by atoms with E-state index in [0.717, 1.165) is 28.5 Å². The Morgan fingerprint density at radius 1 is 1.21 bits per heavy atom. The van der Waals surface area contributed by atoms with Crippen molar-refractivity contribution in [3.05, 3.63) is 66.5 Å². The summed E-state index contributed by atoms with van der Waals surface area (Å²) in [4.78, 5) is 30.8. The number of thioether (sulfide) groups is 1. The maximum absolute atomic E-state index is 12.6. The summed E-state index contributed by atoms with van der Waals surface area (Å²) in [6.45, 7) is 2.73. The van der Waals surface area contributed by atoms with Crippen molar-refractivity contribution in [3.8, 4) is 5.69 Å². The van der Waals surface area contributed by atoms with Gasteiger partial charge >= 0.3 is 0 Å². The Morgan fingerprint density at radius 3 is 2.86 bits per heavy atom. The summed E-state index contributed by atoms with van der Waals surface area (Å²) in [6.07, 6.45) is 5.03. The Balaban J connectivity index is 1.44. The number of aromatic nitrogens is 2. The molecule has 6 nitrogen and oxygen atoms in total. The minimum Gasteiger partial charge on any atom is -0.324 e. The predicted octanol–water partition coefficient (Wildman–Crippen LogP) is 4.04. The monoisotopic (exact) mass is 406 g/mol. The number of para-hydroxylation sites is 2. The molecule has 4 rings (SSSR count). The molecule has 1 aliphatic heterocycles. The Morgan fingerprint density at radius 2 is 2.07 bits per heavy atom. The van der Waals surface area contributed by atoms with Gasteiger partial charge in [-0.25, -0.2) is 4.98 Å². The van der Waals surface area contributed by atoms with Crippen LogP contribution in [-0.4, -0.2) is 33.7 Å². The molecule has 2 aromatic carbocycles. The zero-order valence-corrected chi connectivity index (χ0v) is 17.0. The van der Waals surface area contributed by atoms with Crippen LogP contribution in [0.5, 0.6) is 0 Å². The van der Waals surface area contributed by atoms with Gasteiger partial charge < -0.3 is 10.2 Å². The number of carbonyl (C=O) groups is 2. The van der Waals surface area contributed by atoms with Gasteiger partial charge in [0.2, 0.25) is 11.8 Å². The van der Waals surface area contributed by atoms with Crippen molar-refractivity contribution >= 4 is 35.0 Å². The molecule has 0 unspecified atom stereocenters. The molecule has 0 saturated carbocycles. The molecule has 1 fully saturated rings. The van der Waals surface area contributed by atoms with Gasteiger partial charge in [0.25, 0.3) is 0 Å². The Labute approximate surface area is 173 Å². The molecule has 0 aliphatic carbocycles. The fourth-order valence-corrected chi connectivity index (χ4v) is 4.18. The summed E-state index contributed by atoms with van der Waals surface area (Å²) in [5.41, 5.74) is 3.60. The van der Waals surface area contributed by atoms with Crippen molar-refractivity contribution in [2.75, 3.05) is 22.5 Å². The third-order valence-electron chi connectivity index (χ3n) is 4.76. The third-order valence-corrected chi connectivity index (χ3v) is 5.73. The van der Waals surface area contributed by atoms with Crippen LogP contribution in [-0.2, 0) is 9.59 Å². The van der Waals surface area contributed by atoms with Crippen molar-refractivity contribution in [3.63, 3.8) is 0 Å². The number of nitrogens with one attached hydrogen (secondary N) is 1. The highest BCUT2D eigenvalue weighted by Gasteiger charge is 2.24. The maximum atomic E-state index is 12.6. The largest absolute Gasteiger partial charge is 0.324 e. The van der Waals surface area contributed by atoms with Gasteiger partial charge in [0, 0.05) is 31.0 Å². The van der Waals surface area contributed by atoms with Crippen molar-refractivity contribution in [2.24, 2.45) is 0 Å². The van der Waals surface area contributed by atoms with E-state index < -0.39 is 0 Å². The second-order valence-electron chi connectivity index (χ2n) is 6.92. The lowest BCUT2D eigenvalue weighted by molar-refractivity contribution is -0.117. The van der Waals surface area contributed by atoms with Gasteiger partial charge in [-0.2, -0.15) is 0 Å². The predicted molar refractivity (Wildman–Crippen MR) is 116 cm³/mol. The molecule has 0 radical (unpaired) electrons. The first-order valence-electron chi connectivity index (χ1n) is 9.54. The van der Waals surface area contributed by atoms with Gasteiger partial charge in [0.1, 0.15) is 0 Å². The molecule has 0 atom stereocenters. The van der Waals surface area contributed by atoms with E-state index in [1.54, 1.807) is 11.1 Å². The Bertz CT molecular complexity index is 1050. The number of rotatable bonds is 6. The molecule has 1 N–H and O–H groups in total. The van der Waals surface area contributed by atoms with Gasteiger partial charge in [-0.3, -0.25) is 14.2 Å². The smallest absolute Gasteiger partial charge is 0.234 e. The highest BCUT2D eigenvalue weighted by atomic mass is 32.2. The maximum Gasteiger partial charge on any atom is 0.234 e. The second kappa shape index (κ2) is 8.53. The first-order chi connectivity index (χ1) is 14.1. The molecule has 2 heterocycles. The zero-order valence-electron chi connectivity index (χ0n) is 16.2. The van der Waals surface area contributed by atoms with Crippen LogP contribution in [0.15, 0.2) is 66.1 Å². The molecule has 2 amide bonds. The lowest BCUT2D eigenvalue weighted by atomic mass is 10.2. The Hall–Kier alpha value is -3.06. The first kappa shape index (κ1) is 19.3. The molecule has 7 heteroatoms. The average Bonchev–Trinajstić information content (AvgIpc) is 3.36. The summed E-state index contributed by atoms with van der Waals surface area (Å²) < 4.78 is 1.97. The highest BCUT2D eigenvalue weighted by molar-refractivity contribution is 7.99. The van der Waals surface area contributed by atoms with E-state index in [1.807, 2.05) is 60.2 Å². The van der Waals surface area contributed by atoms with E-state index >= 15 is 0 Å². The van der Waals surface area contributed by atoms with Gasteiger partial charge in [-0.15, -0.1) is 0 Å². The summed E-state index contributed by atoms with van der Waals surface area (Å²) in [6, 6.07) is 15.6. The number of hydrogen-bond acceptors (Lipinski definition) is 4. The molecule has 148 valence electrons. The van der Waals surface area contributed by atoms with Crippen molar-refractivity contribution < 1.29 is 9.59 Å². The molecular weight excluding hydrogens is 384 g/mol. The molecule has 0 bridgehead atoms. The number of anilines is 2. The average molecular weight is 407 g/mol. The van der Waals surface area contributed by atoms with Crippen LogP contribution in [0.3, 0.4) is 0 Å². The summed E-state index contributed by atoms with van der Waals surface area (Å²) >= 11 is 1.38. The van der Waals surface area contributed by atoms with E-state index in [2.05, 4.69) is 16.4 Å². The summed E-state index contributed by atoms with van der Waals surface area (Å²) in [5, 5.41) is 3.71. The van der Waals surface area contributed by atoms with Gasteiger partial charge in [0.15, 0.2) is 5.16 Å². The number of aryl methyl sites for hydroxylation is 1. The van der Waals surface area contributed by atoms with Crippen LogP contribution in [0, 0.1) is 6.92 Å². The Kier molecular flexibility index (Phi) is 5.67. The fourth-order valence-electron chi connectivity index (χ4n) is 3.40. The quantitative estimate of drug-likeness (QED) is 0.628. The number of hydrogen-bond donors (Lipinski definition) is 1. The normalized spacial score (nSPS) is 13.7. The minimum atomic E-state index is -0.132. The molecule has 1 aromatic heterocycles. The van der Waals surface area contributed by atoms with Gasteiger partial charge in [-0.05, 0) is 43.2 Å². The molecule has 3 aromatic rings. The third kappa shape index (κ3) is 4.35. The van der Waals surface area contributed by atoms with E-state index in [1.165, 1.54) is 11.8 Å². The SMILES string of the molecule is Cc1cccc(-n2ccnc2SCC(=O)Nc2ccccc2N2CCCC2=O)c1. The summed E-state index contributed by atoms with van der Waals surface area (Å²) in [7, 11) is 0. The van der Waals surface area contributed by atoms with Crippen molar-refractivity contribution in [1.82, 2.24) is 9.55 Å². The van der Waals surface area contributed by atoms with Crippen LogP contribution in [0.4, 0.5) is 11.4 Å². The molecular formula is C22H22N4O2S. The molecule has 1 saturated heterocycles. The van der Waals surface area contributed by atoms with E-state index in [4.69, 9.17) is 0 Å². The topological polar surface area (TPSA) is 67.2 Å². The zero-order chi connectivity index (χ0) is 20.2.